The Morgan fingerprint density at radius 3 is 2.39 bits per heavy atom. The molecule has 0 saturated heterocycles. The number of halogens is 5. The first-order chi connectivity index (χ1) is 16.9. The van der Waals surface area contributed by atoms with E-state index in [0.717, 1.165) is 11.1 Å². The molecule has 1 unspecified atom stereocenters. The van der Waals surface area contributed by atoms with Crippen LogP contribution in [0.3, 0.4) is 0 Å². The summed E-state index contributed by atoms with van der Waals surface area (Å²) in [6.07, 6.45) is -2.19. The first-order valence-electron chi connectivity index (χ1n) is 10.8. The van der Waals surface area contributed by atoms with Gasteiger partial charge in [-0.05, 0) is 37.3 Å². The van der Waals surface area contributed by atoms with E-state index in [4.69, 9.17) is 14.2 Å². The van der Waals surface area contributed by atoms with Crippen molar-refractivity contribution in [1.82, 2.24) is 10.3 Å². The Bertz CT molecular complexity index is 1120. The number of amides is 2. The van der Waals surface area contributed by atoms with Crippen molar-refractivity contribution in [2.75, 3.05) is 20.8 Å². The molecule has 3 rings (SSSR count). The standard InChI is InChI=1S/C23H24F5N3O5/c1-4-36-21(29-20(33)22(24,25)23(26,27)28)11-9-15(10-12-21)31-19(32)8-6-16(30-31)14-5-7-17(34-2)18(13-14)35-3/h5,7,9-11,13H,4,6,8,12H2,1-3H3,(H,29,33). The Hall–Kier alpha value is -3.48. The Kier molecular flexibility index (Phi) is 7.72. The van der Waals surface area contributed by atoms with Crippen LogP contribution in [0, 0.1) is 0 Å². The summed E-state index contributed by atoms with van der Waals surface area (Å²) in [5.41, 5.74) is -0.482. The SMILES string of the molecule is CCOC1(NC(=O)C(F)(F)C(F)(F)F)C=CC(N2N=C(c3ccc(OC)c(OC)c3)CCC2=O)=CC1. The minimum atomic E-state index is -6.07. The lowest BCUT2D eigenvalue weighted by molar-refractivity contribution is -0.271. The number of carbonyl (C=O) groups excluding carboxylic acids is 2. The molecule has 0 fully saturated rings. The lowest BCUT2D eigenvalue weighted by Gasteiger charge is -2.35. The van der Waals surface area contributed by atoms with Gasteiger partial charge in [0.2, 0.25) is 5.91 Å². The average molecular weight is 517 g/mol. The number of alkyl halides is 5. The lowest BCUT2D eigenvalue weighted by atomic mass is 10.00. The molecule has 0 saturated carbocycles. The highest BCUT2D eigenvalue weighted by molar-refractivity contribution is 6.05. The fraction of sp³-hybridized carbons (Fsp3) is 0.435. The number of hydrogen-bond acceptors (Lipinski definition) is 6. The highest BCUT2D eigenvalue weighted by atomic mass is 19.4. The molecule has 0 aromatic heterocycles. The van der Waals surface area contributed by atoms with E-state index in [1.54, 1.807) is 23.5 Å². The van der Waals surface area contributed by atoms with E-state index in [2.05, 4.69) is 5.10 Å². The lowest BCUT2D eigenvalue weighted by Crippen LogP contribution is -2.58. The molecule has 2 amide bonds. The molecule has 13 heteroatoms. The molecule has 0 bridgehead atoms. The number of ether oxygens (including phenoxy) is 3. The zero-order valence-electron chi connectivity index (χ0n) is 19.6. The molecule has 1 aromatic rings. The fourth-order valence-electron chi connectivity index (χ4n) is 3.64. The van der Waals surface area contributed by atoms with E-state index >= 15 is 0 Å². The van der Waals surface area contributed by atoms with Gasteiger partial charge in [-0.3, -0.25) is 9.59 Å². The third-order valence-electron chi connectivity index (χ3n) is 5.50. The molecule has 1 aromatic carbocycles. The van der Waals surface area contributed by atoms with Crippen LogP contribution < -0.4 is 14.8 Å². The number of rotatable bonds is 8. The zero-order valence-corrected chi connectivity index (χ0v) is 19.6. The van der Waals surface area contributed by atoms with Crippen molar-refractivity contribution in [3.8, 4) is 11.5 Å². The van der Waals surface area contributed by atoms with Crippen LogP contribution >= 0.6 is 0 Å². The molecule has 1 N–H and O–H groups in total. The summed E-state index contributed by atoms with van der Waals surface area (Å²) in [4.78, 5) is 24.3. The zero-order chi connectivity index (χ0) is 26.7. The number of carbonyl (C=O) groups is 2. The predicted octanol–water partition coefficient (Wildman–Crippen LogP) is 3.92. The number of hydrogen-bond donors (Lipinski definition) is 1. The Labute approximate surface area is 203 Å². The number of allylic oxidation sites excluding steroid dienone is 1. The van der Waals surface area contributed by atoms with Crippen molar-refractivity contribution in [1.29, 1.82) is 0 Å². The van der Waals surface area contributed by atoms with Gasteiger partial charge in [0, 0.05) is 31.4 Å². The van der Waals surface area contributed by atoms with Crippen LogP contribution in [-0.4, -0.2) is 61.2 Å². The summed E-state index contributed by atoms with van der Waals surface area (Å²) in [5.74, 6) is -7.55. The van der Waals surface area contributed by atoms with Crippen LogP contribution in [-0.2, 0) is 14.3 Å². The van der Waals surface area contributed by atoms with Crippen molar-refractivity contribution >= 4 is 17.5 Å². The van der Waals surface area contributed by atoms with Crippen molar-refractivity contribution in [2.45, 2.75) is 44.0 Å². The van der Waals surface area contributed by atoms with Gasteiger partial charge in [-0.1, -0.05) is 6.08 Å². The summed E-state index contributed by atoms with van der Waals surface area (Å²) in [6, 6.07) is 5.13. The molecule has 1 aliphatic carbocycles. The summed E-state index contributed by atoms with van der Waals surface area (Å²) >= 11 is 0. The molecule has 0 radical (unpaired) electrons. The number of hydrazone groups is 1. The van der Waals surface area contributed by atoms with Crippen LogP contribution in [0.5, 0.6) is 11.5 Å². The van der Waals surface area contributed by atoms with Gasteiger partial charge < -0.3 is 19.5 Å². The number of methoxy groups -OCH3 is 2. The molecular formula is C23H24F5N3O5. The quantitative estimate of drug-likeness (QED) is 0.417. The smallest absolute Gasteiger partial charge is 0.463 e. The Morgan fingerprint density at radius 2 is 1.83 bits per heavy atom. The molecular weight excluding hydrogens is 493 g/mol. The van der Waals surface area contributed by atoms with Crippen LogP contribution in [0.1, 0.15) is 31.7 Å². The third kappa shape index (κ3) is 5.35. The highest BCUT2D eigenvalue weighted by Crippen LogP contribution is 2.37. The number of nitrogens with one attached hydrogen (secondary N) is 1. The monoisotopic (exact) mass is 517 g/mol. The van der Waals surface area contributed by atoms with Crippen molar-refractivity contribution in [3.63, 3.8) is 0 Å². The maximum Gasteiger partial charge on any atom is 0.463 e. The minimum absolute atomic E-state index is 0.102. The fourth-order valence-corrected chi connectivity index (χ4v) is 3.64. The highest BCUT2D eigenvalue weighted by Gasteiger charge is 2.64. The molecule has 1 heterocycles. The van der Waals surface area contributed by atoms with Crippen molar-refractivity contribution in [2.24, 2.45) is 5.10 Å². The van der Waals surface area contributed by atoms with E-state index in [-0.39, 0.29) is 31.1 Å². The van der Waals surface area contributed by atoms with E-state index in [1.165, 1.54) is 33.3 Å². The molecule has 1 atom stereocenters. The van der Waals surface area contributed by atoms with Crippen LogP contribution in [0.15, 0.2) is 47.2 Å². The predicted molar refractivity (Wildman–Crippen MR) is 118 cm³/mol. The maximum atomic E-state index is 13.5. The largest absolute Gasteiger partial charge is 0.493 e. The van der Waals surface area contributed by atoms with Gasteiger partial charge in [0.25, 0.3) is 0 Å². The second-order valence-corrected chi connectivity index (χ2v) is 7.84. The summed E-state index contributed by atoms with van der Waals surface area (Å²) < 4.78 is 80.7. The van der Waals surface area contributed by atoms with E-state index < -0.39 is 23.7 Å². The van der Waals surface area contributed by atoms with Gasteiger partial charge in [-0.2, -0.15) is 27.1 Å². The Morgan fingerprint density at radius 1 is 1.14 bits per heavy atom. The number of nitrogens with zero attached hydrogens (tertiary/aromatic N) is 2. The topological polar surface area (TPSA) is 89.5 Å². The van der Waals surface area contributed by atoms with Gasteiger partial charge in [-0.25, -0.2) is 5.01 Å². The van der Waals surface area contributed by atoms with Crippen LogP contribution in [0.25, 0.3) is 0 Å². The van der Waals surface area contributed by atoms with Gasteiger partial charge in [0.15, 0.2) is 17.2 Å². The molecule has 0 spiro atoms. The maximum absolute atomic E-state index is 13.5. The van der Waals surface area contributed by atoms with E-state index in [0.29, 0.717) is 29.2 Å². The van der Waals surface area contributed by atoms with Gasteiger partial charge in [0.1, 0.15) is 0 Å². The third-order valence-corrected chi connectivity index (χ3v) is 5.50. The minimum Gasteiger partial charge on any atom is -0.493 e. The molecule has 1 aliphatic heterocycles. The average Bonchev–Trinajstić information content (AvgIpc) is 2.84. The molecule has 8 nitrogen and oxygen atoms in total. The van der Waals surface area contributed by atoms with Crippen molar-refractivity contribution in [3.05, 3.63) is 47.7 Å². The molecule has 2 aliphatic rings. The van der Waals surface area contributed by atoms with Gasteiger partial charge >= 0.3 is 18.0 Å². The molecule has 196 valence electrons. The normalized spacial score (nSPS) is 20.6. The summed E-state index contributed by atoms with van der Waals surface area (Å²) in [5, 5.41) is 7.15. The summed E-state index contributed by atoms with van der Waals surface area (Å²) in [6.45, 7) is 1.38. The molecule has 36 heavy (non-hydrogen) atoms. The first kappa shape index (κ1) is 27.1. The van der Waals surface area contributed by atoms with Crippen LogP contribution in [0.4, 0.5) is 22.0 Å². The van der Waals surface area contributed by atoms with E-state index in [9.17, 15) is 31.5 Å². The first-order valence-corrected chi connectivity index (χ1v) is 10.8. The van der Waals surface area contributed by atoms with Gasteiger partial charge in [0.05, 0.1) is 25.6 Å². The summed E-state index contributed by atoms with van der Waals surface area (Å²) in [7, 11) is 2.97. The van der Waals surface area contributed by atoms with E-state index in [1.807, 2.05) is 0 Å². The van der Waals surface area contributed by atoms with Crippen molar-refractivity contribution < 1.29 is 45.8 Å². The number of benzene rings is 1. The Balaban J connectivity index is 1.85. The second-order valence-electron chi connectivity index (χ2n) is 7.84. The van der Waals surface area contributed by atoms with Gasteiger partial charge in [-0.15, -0.1) is 0 Å². The second kappa shape index (κ2) is 10.2. The van der Waals surface area contributed by atoms with Crippen LogP contribution in [0.2, 0.25) is 0 Å².